The van der Waals surface area contributed by atoms with Gasteiger partial charge in [-0.15, -0.1) is 10.2 Å². The van der Waals surface area contributed by atoms with Crippen LogP contribution in [-0.2, 0) is 11.3 Å². The SMILES string of the molecule is CC1CCC(N(C)C(=O)CSc2nnc(NCc3ccccc3)s2)CC1. The van der Waals surface area contributed by atoms with Crippen LogP contribution in [0.3, 0.4) is 0 Å². The number of anilines is 1. The molecular formula is C19H26N4OS2. The topological polar surface area (TPSA) is 58.1 Å². The van der Waals surface area contributed by atoms with Gasteiger partial charge >= 0.3 is 0 Å². The van der Waals surface area contributed by atoms with E-state index in [0.717, 1.165) is 34.8 Å². The first kappa shape index (κ1) is 19.2. The van der Waals surface area contributed by atoms with E-state index < -0.39 is 0 Å². The fraction of sp³-hybridized carbons (Fsp3) is 0.526. The summed E-state index contributed by atoms with van der Waals surface area (Å²) >= 11 is 2.98. The molecule has 0 spiro atoms. The highest BCUT2D eigenvalue weighted by Crippen LogP contribution is 2.29. The van der Waals surface area contributed by atoms with Crippen LogP contribution >= 0.6 is 23.1 Å². The summed E-state index contributed by atoms with van der Waals surface area (Å²) in [7, 11) is 1.94. The van der Waals surface area contributed by atoms with Crippen molar-refractivity contribution in [1.29, 1.82) is 0 Å². The Labute approximate surface area is 163 Å². The number of aromatic nitrogens is 2. The highest BCUT2D eigenvalue weighted by atomic mass is 32.2. The van der Waals surface area contributed by atoms with Crippen LogP contribution in [0.25, 0.3) is 0 Å². The fourth-order valence-corrected chi connectivity index (χ4v) is 4.84. The van der Waals surface area contributed by atoms with Gasteiger partial charge in [-0.25, -0.2) is 0 Å². The molecule has 1 aliphatic carbocycles. The standard InChI is InChI=1S/C19H26N4OS2/c1-14-8-10-16(11-9-14)23(2)17(24)13-25-19-22-21-18(26-19)20-12-15-6-4-3-5-7-15/h3-7,14,16H,8-13H2,1-2H3,(H,20,21). The second-order valence-electron chi connectivity index (χ2n) is 6.92. The summed E-state index contributed by atoms with van der Waals surface area (Å²) in [6.07, 6.45) is 4.70. The number of carbonyl (C=O) groups excluding carboxylic acids is 1. The Bertz CT molecular complexity index is 699. The summed E-state index contributed by atoms with van der Waals surface area (Å²) in [5.41, 5.74) is 1.20. The van der Waals surface area contributed by atoms with Crippen molar-refractivity contribution in [2.75, 3.05) is 18.1 Å². The lowest BCUT2D eigenvalue weighted by atomic mass is 9.87. The first-order valence-corrected chi connectivity index (χ1v) is 10.9. The smallest absolute Gasteiger partial charge is 0.233 e. The number of hydrogen-bond donors (Lipinski definition) is 1. The number of amides is 1. The normalized spacial score (nSPS) is 19.9. The molecule has 1 amide bonds. The van der Waals surface area contributed by atoms with Gasteiger partial charge in [0.15, 0.2) is 4.34 Å². The monoisotopic (exact) mass is 390 g/mol. The van der Waals surface area contributed by atoms with Gasteiger partial charge in [0.2, 0.25) is 11.0 Å². The average Bonchev–Trinajstić information content (AvgIpc) is 3.13. The van der Waals surface area contributed by atoms with E-state index in [4.69, 9.17) is 0 Å². The minimum Gasteiger partial charge on any atom is -0.356 e. The van der Waals surface area contributed by atoms with Crippen LogP contribution < -0.4 is 5.32 Å². The molecule has 3 rings (SSSR count). The molecule has 1 N–H and O–H groups in total. The van der Waals surface area contributed by atoms with Gasteiger partial charge in [-0.05, 0) is 37.2 Å². The molecule has 1 aromatic heterocycles. The summed E-state index contributed by atoms with van der Waals surface area (Å²) in [4.78, 5) is 14.4. The van der Waals surface area contributed by atoms with Gasteiger partial charge < -0.3 is 10.2 Å². The number of nitrogens with zero attached hydrogens (tertiary/aromatic N) is 3. The van der Waals surface area contributed by atoms with Crippen molar-refractivity contribution in [3.63, 3.8) is 0 Å². The minimum absolute atomic E-state index is 0.184. The van der Waals surface area contributed by atoms with E-state index in [0.29, 0.717) is 11.8 Å². The average molecular weight is 391 g/mol. The van der Waals surface area contributed by atoms with Crippen molar-refractivity contribution in [3.8, 4) is 0 Å². The Hall–Kier alpha value is -1.60. The first-order chi connectivity index (χ1) is 12.6. The third kappa shape index (κ3) is 5.45. The Kier molecular flexibility index (Phi) is 6.91. The summed E-state index contributed by atoms with van der Waals surface area (Å²) in [6.45, 7) is 3.02. The molecule has 1 fully saturated rings. The number of benzene rings is 1. The van der Waals surface area contributed by atoms with Crippen molar-refractivity contribution in [3.05, 3.63) is 35.9 Å². The lowest BCUT2D eigenvalue weighted by molar-refractivity contribution is -0.129. The van der Waals surface area contributed by atoms with E-state index in [2.05, 4.69) is 34.6 Å². The van der Waals surface area contributed by atoms with E-state index in [-0.39, 0.29) is 5.91 Å². The second-order valence-corrected chi connectivity index (χ2v) is 9.12. The highest BCUT2D eigenvalue weighted by molar-refractivity contribution is 8.01. The van der Waals surface area contributed by atoms with Crippen LogP contribution in [0.2, 0.25) is 0 Å². The van der Waals surface area contributed by atoms with Crippen molar-refractivity contribution < 1.29 is 4.79 Å². The molecule has 26 heavy (non-hydrogen) atoms. The fourth-order valence-electron chi connectivity index (χ4n) is 3.17. The maximum atomic E-state index is 12.5. The molecule has 0 radical (unpaired) electrons. The molecule has 1 aliphatic rings. The summed E-state index contributed by atoms with van der Waals surface area (Å²) in [5.74, 6) is 1.41. The Morgan fingerprint density at radius 2 is 1.96 bits per heavy atom. The first-order valence-electron chi connectivity index (χ1n) is 9.11. The lowest BCUT2D eigenvalue weighted by Gasteiger charge is -2.33. The number of rotatable bonds is 7. The molecule has 0 aliphatic heterocycles. The van der Waals surface area contributed by atoms with Crippen LogP contribution in [0.5, 0.6) is 0 Å². The Morgan fingerprint density at radius 3 is 2.69 bits per heavy atom. The van der Waals surface area contributed by atoms with Crippen molar-refractivity contribution in [2.24, 2.45) is 5.92 Å². The van der Waals surface area contributed by atoms with Gasteiger partial charge in [0.1, 0.15) is 0 Å². The maximum Gasteiger partial charge on any atom is 0.233 e. The van der Waals surface area contributed by atoms with Crippen LogP contribution in [-0.4, -0.2) is 39.8 Å². The molecule has 0 atom stereocenters. The zero-order valence-corrected chi connectivity index (χ0v) is 17.0. The van der Waals surface area contributed by atoms with E-state index in [1.54, 1.807) is 0 Å². The van der Waals surface area contributed by atoms with E-state index in [1.165, 1.54) is 41.5 Å². The Balaban J connectivity index is 1.43. The van der Waals surface area contributed by atoms with Gasteiger partial charge in [-0.1, -0.05) is 60.4 Å². The van der Waals surface area contributed by atoms with Gasteiger partial charge in [-0.3, -0.25) is 4.79 Å². The molecule has 0 bridgehead atoms. The lowest BCUT2D eigenvalue weighted by Crippen LogP contribution is -2.40. The molecule has 5 nitrogen and oxygen atoms in total. The number of carbonyl (C=O) groups is 1. The predicted molar refractivity (Wildman–Crippen MR) is 109 cm³/mol. The van der Waals surface area contributed by atoms with Crippen molar-refractivity contribution in [1.82, 2.24) is 15.1 Å². The van der Waals surface area contributed by atoms with E-state index >= 15 is 0 Å². The van der Waals surface area contributed by atoms with Gasteiger partial charge in [-0.2, -0.15) is 0 Å². The molecule has 1 saturated carbocycles. The molecular weight excluding hydrogens is 364 g/mol. The van der Waals surface area contributed by atoms with Crippen LogP contribution in [0.15, 0.2) is 34.7 Å². The van der Waals surface area contributed by atoms with Crippen molar-refractivity contribution >= 4 is 34.1 Å². The van der Waals surface area contributed by atoms with Crippen LogP contribution in [0.1, 0.15) is 38.2 Å². The molecule has 1 heterocycles. The third-order valence-electron chi connectivity index (χ3n) is 4.94. The maximum absolute atomic E-state index is 12.5. The third-order valence-corrected chi connectivity index (χ3v) is 6.94. The van der Waals surface area contributed by atoms with Crippen LogP contribution in [0.4, 0.5) is 5.13 Å². The summed E-state index contributed by atoms with van der Waals surface area (Å²) in [5, 5.41) is 12.4. The quantitative estimate of drug-likeness (QED) is 0.715. The molecule has 1 aromatic carbocycles. The highest BCUT2D eigenvalue weighted by Gasteiger charge is 2.24. The number of nitrogens with one attached hydrogen (secondary N) is 1. The minimum atomic E-state index is 0.184. The Morgan fingerprint density at radius 1 is 1.23 bits per heavy atom. The van der Waals surface area contributed by atoms with Crippen LogP contribution in [0, 0.1) is 5.92 Å². The van der Waals surface area contributed by atoms with Gasteiger partial charge in [0.25, 0.3) is 0 Å². The molecule has 7 heteroatoms. The summed E-state index contributed by atoms with van der Waals surface area (Å²) < 4.78 is 0.833. The zero-order chi connectivity index (χ0) is 18.4. The van der Waals surface area contributed by atoms with E-state index in [1.807, 2.05) is 30.1 Å². The van der Waals surface area contributed by atoms with Gasteiger partial charge in [0, 0.05) is 19.6 Å². The number of hydrogen-bond acceptors (Lipinski definition) is 6. The zero-order valence-electron chi connectivity index (χ0n) is 15.4. The molecule has 0 saturated heterocycles. The number of thioether (sulfide) groups is 1. The van der Waals surface area contributed by atoms with Crippen molar-refractivity contribution in [2.45, 2.75) is 49.5 Å². The molecule has 140 valence electrons. The van der Waals surface area contributed by atoms with Gasteiger partial charge in [0.05, 0.1) is 5.75 Å². The summed E-state index contributed by atoms with van der Waals surface area (Å²) in [6, 6.07) is 10.6. The second kappa shape index (κ2) is 9.37. The largest absolute Gasteiger partial charge is 0.356 e. The molecule has 2 aromatic rings. The van der Waals surface area contributed by atoms with E-state index in [9.17, 15) is 4.79 Å². The predicted octanol–water partition coefficient (Wildman–Crippen LogP) is 4.28. The molecule has 0 unspecified atom stereocenters.